The number of aliphatic hydroxyl groups is 8. The van der Waals surface area contributed by atoms with Crippen molar-refractivity contribution in [1.82, 2.24) is 5.32 Å². The van der Waals surface area contributed by atoms with E-state index in [-0.39, 0.29) is 18.9 Å². The minimum Gasteiger partial charge on any atom is -0.394 e. The number of aliphatic hydroxyl groups excluding tert-OH is 8. The van der Waals surface area contributed by atoms with Crippen LogP contribution in [0.25, 0.3) is 0 Å². The summed E-state index contributed by atoms with van der Waals surface area (Å²) in [5.41, 5.74) is 0. The molecule has 12 unspecified atom stereocenters. The molecule has 0 bridgehead atoms. The topological polar surface area (TPSA) is 228 Å². The molecule has 0 spiro atoms. The van der Waals surface area contributed by atoms with E-state index in [1.807, 2.05) is 6.08 Å². The number of nitrogens with one attached hydrogen (secondary N) is 1. The van der Waals surface area contributed by atoms with Crippen LogP contribution < -0.4 is 5.32 Å². The third-order valence-corrected chi connectivity index (χ3v) is 16.7. The molecule has 2 rings (SSSR count). The van der Waals surface area contributed by atoms with Gasteiger partial charge in [-0.05, 0) is 19.3 Å². The van der Waals surface area contributed by atoms with Crippen LogP contribution in [0.2, 0.25) is 0 Å². The first-order valence-electron chi connectivity index (χ1n) is 33.4. The molecule has 12 atom stereocenters. The van der Waals surface area contributed by atoms with Crippen LogP contribution in [0.15, 0.2) is 12.2 Å². The minimum absolute atomic E-state index is 0.232. The largest absolute Gasteiger partial charge is 0.394 e. The van der Waals surface area contributed by atoms with Gasteiger partial charge >= 0.3 is 0 Å². The maximum Gasteiger partial charge on any atom is 0.220 e. The highest BCUT2D eigenvalue weighted by molar-refractivity contribution is 5.76. The Bertz CT molecular complexity index is 1380. The average Bonchev–Trinajstić information content (AvgIpc) is 3.47. The van der Waals surface area contributed by atoms with Gasteiger partial charge in [0.1, 0.15) is 48.8 Å². The number of allylic oxidation sites excluding steroid dienone is 1. The SMILES string of the molecule is CCCCCCCCCCCCCCCCCC/C=C/C(O)C(COC1OC(CO)C(OC2OC(CO)C(O)C(O)C2O)C(O)C1O)NC(=O)CCCCCCCCCCCCCCCCCCCCCCCCCCCCC. The number of hydrogen-bond acceptors (Lipinski definition) is 13. The quantitative estimate of drug-likeness (QED) is 0.0204. The van der Waals surface area contributed by atoms with Gasteiger partial charge in [0, 0.05) is 6.42 Å². The third kappa shape index (κ3) is 36.2. The molecule has 2 fully saturated rings. The molecule has 2 aliphatic heterocycles. The van der Waals surface area contributed by atoms with Crippen LogP contribution in [0.4, 0.5) is 0 Å². The smallest absolute Gasteiger partial charge is 0.220 e. The van der Waals surface area contributed by atoms with Crippen molar-refractivity contribution in [3.63, 3.8) is 0 Å². The molecule has 2 heterocycles. The molecule has 14 nitrogen and oxygen atoms in total. The molecule has 0 aromatic carbocycles. The van der Waals surface area contributed by atoms with Gasteiger partial charge in [0.15, 0.2) is 12.6 Å². The van der Waals surface area contributed by atoms with E-state index in [2.05, 4.69) is 19.2 Å². The Hall–Kier alpha value is -1.27. The van der Waals surface area contributed by atoms with E-state index in [9.17, 15) is 45.6 Å². The summed E-state index contributed by atoms with van der Waals surface area (Å²) in [6.07, 6.45) is 44.0. The average molecular weight is 1130 g/mol. The fourth-order valence-electron chi connectivity index (χ4n) is 11.4. The van der Waals surface area contributed by atoms with Gasteiger partial charge in [-0.15, -0.1) is 0 Å². The van der Waals surface area contributed by atoms with E-state index in [1.165, 1.54) is 238 Å². The Morgan fingerprint density at radius 3 is 1.16 bits per heavy atom. The first kappa shape index (κ1) is 73.8. The number of rotatable bonds is 55. The van der Waals surface area contributed by atoms with Gasteiger partial charge in [0.05, 0.1) is 32.0 Å². The predicted molar refractivity (Wildman–Crippen MR) is 319 cm³/mol. The van der Waals surface area contributed by atoms with E-state index >= 15 is 0 Å². The molecule has 0 saturated carbocycles. The van der Waals surface area contributed by atoms with Gasteiger partial charge in [0.2, 0.25) is 5.91 Å². The van der Waals surface area contributed by atoms with Gasteiger partial charge in [-0.25, -0.2) is 0 Å². The van der Waals surface area contributed by atoms with Gasteiger partial charge in [-0.1, -0.05) is 289 Å². The van der Waals surface area contributed by atoms with Crippen molar-refractivity contribution in [1.29, 1.82) is 0 Å². The maximum atomic E-state index is 13.3. The second-order valence-electron chi connectivity index (χ2n) is 24.0. The van der Waals surface area contributed by atoms with Crippen molar-refractivity contribution >= 4 is 5.91 Å². The lowest BCUT2D eigenvalue weighted by Gasteiger charge is -2.46. The van der Waals surface area contributed by atoms with Crippen LogP contribution in [0.5, 0.6) is 0 Å². The van der Waals surface area contributed by atoms with Crippen molar-refractivity contribution in [3.8, 4) is 0 Å². The highest BCUT2D eigenvalue weighted by atomic mass is 16.7. The lowest BCUT2D eigenvalue weighted by atomic mass is 9.97. The number of unbranched alkanes of at least 4 members (excludes halogenated alkanes) is 42. The fourth-order valence-corrected chi connectivity index (χ4v) is 11.4. The number of amides is 1. The fraction of sp³-hybridized carbons (Fsp3) is 0.954. The first-order valence-corrected chi connectivity index (χ1v) is 33.4. The number of ether oxygens (including phenoxy) is 4. The molecule has 79 heavy (non-hydrogen) atoms. The highest BCUT2D eigenvalue weighted by Gasteiger charge is 2.51. The van der Waals surface area contributed by atoms with Gasteiger partial charge in [-0.3, -0.25) is 4.79 Å². The minimum atomic E-state index is -1.79. The van der Waals surface area contributed by atoms with E-state index < -0.39 is 86.8 Å². The molecule has 2 saturated heterocycles. The summed E-state index contributed by atoms with van der Waals surface area (Å²) in [6, 6.07) is -0.910. The van der Waals surface area contributed by atoms with E-state index in [0.717, 1.165) is 38.5 Å². The normalized spacial score (nSPS) is 24.4. The molecule has 14 heteroatoms. The van der Waals surface area contributed by atoms with Crippen LogP contribution >= 0.6 is 0 Å². The summed E-state index contributed by atoms with van der Waals surface area (Å²) < 4.78 is 22.8. The summed E-state index contributed by atoms with van der Waals surface area (Å²) in [5.74, 6) is -0.232. The Morgan fingerprint density at radius 2 is 0.785 bits per heavy atom. The molecule has 0 radical (unpaired) electrons. The first-order chi connectivity index (χ1) is 38.6. The van der Waals surface area contributed by atoms with Gasteiger partial charge in [-0.2, -0.15) is 0 Å². The highest BCUT2D eigenvalue weighted by Crippen LogP contribution is 2.30. The summed E-state index contributed by atoms with van der Waals surface area (Å²) in [5, 5.41) is 87.3. The number of carbonyl (C=O) groups is 1. The molecule has 0 aliphatic carbocycles. The Balaban J connectivity index is 1.68. The lowest BCUT2D eigenvalue weighted by Crippen LogP contribution is -2.65. The van der Waals surface area contributed by atoms with Crippen LogP contribution in [0.1, 0.15) is 303 Å². The Kier molecular flexibility index (Phi) is 47.8. The van der Waals surface area contributed by atoms with Crippen LogP contribution in [0.3, 0.4) is 0 Å². The lowest BCUT2D eigenvalue weighted by molar-refractivity contribution is -0.359. The van der Waals surface area contributed by atoms with Crippen molar-refractivity contribution < 1.29 is 64.6 Å². The van der Waals surface area contributed by atoms with Crippen LogP contribution in [-0.2, 0) is 23.7 Å². The Morgan fingerprint density at radius 1 is 0.443 bits per heavy atom. The molecular formula is C65H125NO13. The molecule has 1 amide bonds. The zero-order valence-electron chi connectivity index (χ0n) is 50.6. The standard InChI is InChI=1S/C65H125NO13/c1-3-5-7-9-11-13-15-17-19-21-23-24-25-26-27-28-29-30-31-33-35-37-39-41-43-45-47-49-57(70)66-53(54(69)48-46-44-42-40-38-36-34-32-22-20-18-16-14-12-10-8-6-4-2)52-76-64-62(75)60(73)63(56(51-68)78-64)79-65-61(74)59(72)58(71)55(50-67)77-65/h46,48,53-56,58-65,67-69,71-75H,3-45,47,49-52H2,1-2H3,(H,66,70)/b48-46+. The monoisotopic (exact) mass is 1130 g/mol. The molecule has 9 N–H and O–H groups in total. The van der Waals surface area contributed by atoms with Crippen molar-refractivity contribution in [2.45, 2.75) is 376 Å². The van der Waals surface area contributed by atoms with Crippen LogP contribution in [0, 0.1) is 0 Å². The second-order valence-corrected chi connectivity index (χ2v) is 24.0. The maximum absolute atomic E-state index is 13.3. The summed E-state index contributed by atoms with van der Waals surface area (Å²) in [4.78, 5) is 13.3. The molecule has 0 aromatic heterocycles. The summed E-state index contributed by atoms with van der Waals surface area (Å²) in [6.45, 7) is 2.85. The molecular weight excluding hydrogens is 1000 g/mol. The van der Waals surface area contributed by atoms with Crippen LogP contribution in [-0.4, -0.2) is 140 Å². The third-order valence-electron chi connectivity index (χ3n) is 16.7. The van der Waals surface area contributed by atoms with Gasteiger partial charge in [0.25, 0.3) is 0 Å². The second kappa shape index (κ2) is 51.2. The molecule has 2 aliphatic rings. The van der Waals surface area contributed by atoms with E-state index in [1.54, 1.807) is 6.08 Å². The van der Waals surface area contributed by atoms with Crippen molar-refractivity contribution in [2.75, 3.05) is 19.8 Å². The zero-order chi connectivity index (χ0) is 57.4. The zero-order valence-corrected chi connectivity index (χ0v) is 50.6. The van der Waals surface area contributed by atoms with E-state index in [4.69, 9.17) is 18.9 Å². The van der Waals surface area contributed by atoms with E-state index in [0.29, 0.717) is 6.42 Å². The number of carbonyl (C=O) groups excluding carboxylic acids is 1. The number of hydrogen-bond donors (Lipinski definition) is 9. The van der Waals surface area contributed by atoms with Crippen molar-refractivity contribution in [3.05, 3.63) is 12.2 Å². The Labute approximate surface area is 482 Å². The molecule has 0 aromatic rings. The summed E-state index contributed by atoms with van der Waals surface area (Å²) in [7, 11) is 0. The predicted octanol–water partition coefficient (Wildman–Crippen LogP) is 12.6. The summed E-state index contributed by atoms with van der Waals surface area (Å²) >= 11 is 0. The van der Waals surface area contributed by atoms with Crippen molar-refractivity contribution in [2.24, 2.45) is 0 Å². The molecule has 468 valence electrons. The van der Waals surface area contributed by atoms with Gasteiger partial charge < -0.3 is 65.1 Å².